The maximum Gasteiger partial charge on any atom is 0.0469 e. The minimum atomic E-state index is -0.0453. The Bertz CT molecular complexity index is 1250. The van der Waals surface area contributed by atoms with Gasteiger partial charge in [0.1, 0.15) is 0 Å². The molecule has 0 saturated heterocycles. The molecule has 0 spiro atoms. The maximum absolute atomic E-state index is 3.86. The summed E-state index contributed by atoms with van der Waals surface area (Å²) in [6.45, 7) is 6.70. The van der Waals surface area contributed by atoms with Crippen LogP contribution in [0.15, 0.2) is 109 Å². The van der Waals surface area contributed by atoms with Crippen LogP contribution in [0, 0.1) is 0 Å². The highest BCUT2D eigenvalue weighted by Gasteiger charge is 2.35. The highest BCUT2D eigenvalue weighted by atomic mass is 15.0. The van der Waals surface area contributed by atoms with Crippen LogP contribution in [-0.4, -0.2) is 5.54 Å². The molecule has 1 atom stereocenters. The zero-order chi connectivity index (χ0) is 22.1. The normalized spacial score (nSPS) is 15.5. The fraction of sp³-hybridized carbons (Fsp3) is 0.161. The topological polar surface area (TPSA) is 12.0 Å². The van der Waals surface area contributed by atoms with Gasteiger partial charge in [-0.15, -0.1) is 0 Å². The molecule has 1 aliphatic carbocycles. The van der Waals surface area contributed by atoms with Gasteiger partial charge in [-0.05, 0) is 60.2 Å². The van der Waals surface area contributed by atoms with Gasteiger partial charge in [-0.1, -0.05) is 103 Å². The van der Waals surface area contributed by atoms with E-state index >= 15 is 0 Å². The van der Waals surface area contributed by atoms with Crippen molar-refractivity contribution in [2.45, 2.75) is 32.2 Å². The van der Waals surface area contributed by atoms with Crippen LogP contribution < -0.4 is 5.32 Å². The number of allylic oxidation sites excluding steroid dienone is 1. The molecule has 0 saturated carbocycles. The van der Waals surface area contributed by atoms with E-state index < -0.39 is 0 Å². The molecule has 0 fully saturated rings. The van der Waals surface area contributed by atoms with E-state index in [0.29, 0.717) is 0 Å². The second-order valence-corrected chi connectivity index (χ2v) is 9.54. The van der Waals surface area contributed by atoms with Crippen LogP contribution in [-0.2, 0) is 0 Å². The van der Waals surface area contributed by atoms with Crippen LogP contribution >= 0.6 is 0 Å². The monoisotopic (exact) mass is 415 g/mol. The van der Waals surface area contributed by atoms with Crippen molar-refractivity contribution in [3.63, 3.8) is 0 Å². The number of hydrogen-bond acceptors (Lipinski definition) is 1. The molecule has 5 rings (SSSR count). The number of rotatable bonds is 4. The van der Waals surface area contributed by atoms with Crippen LogP contribution in [0.1, 0.15) is 48.9 Å². The van der Waals surface area contributed by atoms with Gasteiger partial charge in [0.2, 0.25) is 0 Å². The van der Waals surface area contributed by atoms with Crippen molar-refractivity contribution in [1.82, 2.24) is 5.32 Å². The summed E-state index contributed by atoms with van der Waals surface area (Å²) < 4.78 is 0. The largest absolute Gasteiger partial charge is 0.380 e. The van der Waals surface area contributed by atoms with E-state index in [4.69, 9.17) is 0 Å². The van der Waals surface area contributed by atoms with E-state index in [9.17, 15) is 0 Å². The zero-order valence-electron chi connectivity index (χ0n) is 19.0. The van der Waals surface area contributed by atoms with Gasteiger partial charge in [0.15, 0.2) is 0 Å². The Morgan fingerprint density at radius 1 is 0.594 bits per heavy atom. The van der Waals surface area contributed by atoms with E-state index in [1.165, 1.54) is 44.7 Å². The second kappa shape index (κ2) is 8.16. The summed E-state index contributed by atoms with van der Waals surface area (Å²) in [6.07, 6.45) is 0. The maximum atomic E-state index is 3.86. The summed E-state index contributed by atoms with van der Waals surface area (Å²) in [7, 11) is 0. The summed E-state index contributed by atoms with van der Waals surface area (Å²) in [5, 5.41) is 3.86. The molecule has 4 aromatic carbocycles. The smallest absolute Gasteiger partial charge is 0.0469 e. The summed E-state index contributed by atoms with van der Waals surface area (Å²) >= 11 is 0. The van der Waals surface area contributed by atoms with Gasteiger partial charge < -0.3 is 5.32 Å². The van der Waals surface area contributed by atoms with Gasteiger partial charge in [0.25, 0.3) is 0 Å². The summed E-state index contributed by atoms with van der Waals surface area (Å²) in [4.78, 5) is 0. The van der Waals surface area contributed by atoms with Crippen molar-refractivity contribution in [3.05, 3.63) is 131 Å². The molecular formula is C31H29N. The van der Waals surface area contributed by atoms with Gasteiger partial charge in [-0.3, -0.25) is 0 Å². The lowest BCUT2D eigenvalue weighted by molar-refractivity contribution is 0.502. The standard InChI is InChI=1S/C31H29N/c1-31(2,3)32-30-26-20-19-25(22-13-7-4-8-14-22)21-27(26)28(23-15-9-5-10-16-23)29(30)24-17-11-6-12-18-24/h4-21,28,32H,1-3H3. The van der Waals surface area contributed by atoms with E-state index in [0.717, 1.165) is 0 Å². The number of hydrogen-bond donors (Lipinski definition) is 1. The van der Waals surface area contributed by atoms with E-state index in [2.05, 4.69) is 135 Å². The molecule has 32 heavy (non-hydrogen) atoms. The van der Waals surface area contributed by atoms with Crippen LogP contribution in [0.5, 0.6) is 0 Å². The predicted octanol–water partition coefficient (Wildman–Crippen LogP) is 7.76. The Kier molecular flexibility index (Phi) is 5.19. The second-order valence-electron chi connectivity index (χ2n) is 9.54. The molecule has 0 bridgehead atoms. The molecule has 1 nitrogen and oxygen atoms in total. The molecule has 0 aliphatic heterocycles. The molecule has 0 aromatic heterocycles. The lowest BCUT2D eigenvalue weighted by Crippen LogP contribution is -2.34. The van der Waals surface area contributed by atoms with Crippen LogP contribution in [0.3, 0.4) is 0 Å². The van der Waals surface area contributed by atoms with Gasteiger partial charge in [0, 0.05) is 22.7 Å². The zero-order valence-corrected chi connectivity index (χ0v) is 19.0. The number of nitrogens with one attached hydrogen (secondary N) is 1. The van der Waals surface area contributed by atoms with Gasteiger partial charge in [-0.25, -0.2) is 0 Å². The molecule has 4 aromatic rings. The molecule has 1 unspecified atom stereocenters. The molecule has 0 radical (unpaired) electrons. The Morgan fingerprint density at radius 3 is 1.75 bits per heavy atom. The van der Waals surface area contributed by atoms with E-state index in [1.54, 1.807) is 0 Å². The first-order chi connectivity index (χ1) is 15.5. The summed E-state index contributed by atoms with van der Waals surface area (Å²) in [6, 6.07) is 39.4. The summed E-state index contributed by atoms with van der Waals surface area (Å²) in [5.41, 5.74) is 10.3. The van der Waals surface area contributed by atoms with Crippen molar-refractivity contribution in [2.75, 3.05) is 0 Å². The molecule has 1 heteroatoms. The lowest BCUT2D eigenvalue weighted by Gasteiger charge is -2.25. The van der Waals surface area contributed by atoms with Crippen molar-refractivity contribution in [3.8, 4) is 11.1 Å². The van der Waals surface area contributed by atoms with E-state index in [1.807, 2.05) is 0 Å². The van der Waals surface area contributed by atoms with Crippen molar-refractivity contribution < 1.29 is 0 Å². The Hall–Kier alpha value is -3.58. The Balaban J connectivity index is 1.77. The highest BCUT2D eigenvalue weighted by Crippen LogP contribution is 2.50. The van der Waals surface area contributed by atoms with Gasteiger partial charge in [-0.2, -0.15) is 0 Å². The minimum absolute atomic E-state index is 0.0453. The first kappa shape index (κ1) is 20.3. The predicted molar refractivity (Wildman–Crippen MR) is 136 cm³/mol. The first-order valence-electron chi connectivity index (χ1n) is 11.3. The average Bonchev–Trinajstić information content (AvgIpc) is 3.12. The molecular weight excluding hydrogens is 386 g/mol. The van der Waals surface area contributed by atoms with Crippen LogP contribution in [0.4, 0.5) is 0 Å². The highest BCUT2D eigenvalue weighted by molar-refractivity contribution is 6.01. The van der Waals surface area contributed by atoms with Crippen molar-refractivity contribution in [2.24, 2.45) is 0 Å². The van der Waals surface area contributed by atoms with Crippen LogP contribution in [0.25, 0.3) is 22.4 Å². The minimum Gasteiger partial charge on any atom is -0.380 e. The van der Waals surface area contributed by atoms with Gasteiger partial charge >= 0.3 is 0 Å². The fourth-order valence-electron chi connectivity index (χ4n) is 4.71. The molecule has 1 aliphatic rings. The van der Waals surface area contributed by atoms with E-state index in [-0.39, 0.29) is 11.5 Å². The lowest BCUT2D eigenvalue weighted by atomic mass is 9.84. The fourth-order valence-corrected chi connectivity index (χ4v) is 4.71. The molecule has 158 valence electrons. The average molecular weight is 416 g/mol. The summed E-state index contributed by atoms with van der Waals surface area (Å²) in [5.74, 6) is 0.183. The third-order valence-electron chi connectivity index (χ3n) is 6.01. The van der Waals surface area contributed by atoms with Crippen molar-refractivity contribution >= 4 is 11.3 Å². The van der Waals surface area contributed by atoms with Crippen molar-refractivity contribution in [1.29, 1.82) is 0 Å². The first-order valence-corrected chi connectivity index (χ1v) is 11.3. The molecule has 0 amide bonds. The Morgan fingerprint density at radius 2 is 1.16 bits per heavy atom. The number of fused-ring (bicyclic) bond motifs is 1. The third kappa shape index (κ3) is 3.87. The SMILES string of the molecule is CC(C)(C)NC1=C(c2ccccc2)C(c2ccccc2)c2cc(-c3ccccc3)ccc21. The third-order valence-corrected chi connectivity index (χ3v) is 6.01. The molecule has 0 heterocycles. The van der Waals surface area contributed by atoms with Crippen LogP contribution in [0.2, 0.25) is 0 Å². The quantitative estimate of drug-likeness (QED) is 0.359. The van der Waals surface area contributed by atoms with Gasteiger partial charge in [0.05, 0.1) is 0 Å². The molecule has 1 N–H and O–H groups in total. The Labute approximate surface area is 191 Å². The number of benzene rings is 4.